The van der Waals surface area contributed by atoms with Gasteiger partial charge in [-0.15, -0.1) is 11.3 Å². The molecule has 19 heavy (non-hydrogen) atoms. The Hall–Kier alpha value is -0.610. The molecule has 108 valence electrons. The molecule has 2 rings (SSSR count). The van der Waals surface area contributed by atoms with E-state index in [0.29, 0.717) is 12.6 Å². The number of hydrogen-bond donors (Lipinski definition) is 1. The lowest BCUT2D eigenvalue weighted by atomic mass is 9.86. The second-order valence-corrected chi connectivity index (χ2v) is 6.92. The van der Waals surface area contributed by atoms with E-state index in [1.54, 1.807) is 11.3 Å². The molecular formula is C15H27N3S. The first-order chi connectivity index (χ1) is 9.15. The lowest BCUT2D eigenvalue weighted by Crippen LogP contribution is -2.35. The molecule has 1 saturated carbocycles. The number of hydrogen-bond acceptors (Lipinski definition) is 4. The first-order valence-corrected chi connectivity index (χ1v) is 8.38. The third-order valence-electron chi connectivity index (χ3n) is 4.20. The maximum absolute atomic E-state index is 5.85. The maximum atomic E-state index is 5.85. The highest BCUT2D eigenvalue weighted by molar-refractivity contribution is 7.15. The third-order valence-corrected chi connectivity index (χ3v) is 5.41. The van der Waals surface area contributed by atoms with E-state index in [2.05, 4.69) is 25.8 Å². The van der Waals surface area contributed by atoms with Crippen LogP contribution in [0.25, 0.3) is 0 Å². The number of rotatable bonds is 5. The number of aromatic nitrogens is 1. The summed E-state index contributed by atoms with van der Waals surface area (Å²) in [5.74, 6) is 0.852. The molecular weight excluding hydrogens is 254 g/mol. The van der Waals surface area contributed by atoms with Crippen LogP contribution in [0.5, 0.6) is 0 Å². The van der Waals surface area contributed by atoms with E-state index in [4.69, 9.17) is 10.7 Å². The second-order valence-electron chi connectivity index (χ2n) is 5.86. The smallest absolute Gasteiger partial charge is 0.185 e. The van der Waals surface area contributed by atoms with Gasteiger partial charge in [0.05, 0.1) is 5.69 Å². The van der Waals surface area contributed by atoms with Gasteiger partial charge in [-0.25, -0.2) is 4.98 Å². The van der Waals surface area contributed by atoms with Gasteiger partial charge in [-0.3, -0.25) is 0 Å². The van der Waals surface area contributed by atoms with E-state index in [-0.39, 0.29) is 0 Å². The summed E-state index contributed by atoms with van der Waals surface area (Å²) in [6.45, 7) is 5.20. The van der Waals surface area contributed by atoms with Crippen LogP contribution in [-0.2, 0) is 13.0 Å². The van der Waals surface area contributed by atoms with E-state index in [1.807, 2.05) is 0 Å². The highest BCUT2D eigenvalue weighted by atomic mass is 32.1. The van der Waals surface area contributed by atoms with Crippen molar-refractivity contribution < 1.29 is 0 Å². The Bertz CT molecular complexity index is 402. The quantitative estimate of drug-likeness (QED) is 0.897. The molecule has 0 aliphatic heterocycles. The Kier molecular flexibility index (Phi) is 5.22. The molecule has 0 saturated heterocycles. The van der Waals surface area contributed by atoms with Crippen LogP contribution in [0.4, 0.5) is 5.13 Å². The van der Waals surface area contributed by atoms with Crippen LogP contribution in [0.1, 0.15) is 56.5 Å². The predicted molar refractivity (Wildman–Crippen MR) is 83.8 cm³/mol. The lowest BCUT2D eigenvalue weighted by molar-refractivity contribution is 0.336. The van der Waals surface area contributed by atoms with Crippen molar-refractivity contribution >= 4 is 16.5 Å². The van der Waals surface area contributed by atoms with Crippen LogP contribution >= 0.6 is 11.3 Å². The standard InChI is InChI=1S/C15H27N3S/c1-4-6-13-14(10-16)19-15(17-13)18(3)12-8-5-7-11(2)9-12/h11-12H,4-10,16H2,1-3H3. The van der Waals surface area contributed by atoms with Gasteiger partial charge < -0.3 is 10.6 Å². The van der Waals surface area contributed by atoms with Crippen molar-refractivity contribution in [3.05, 3.63) is 10.6 Å². The number of nitrogens with two attached hydrogens (primary N) is 1. The van der Waals surface area contributed by atoms with Crippen molar-refractivity contribution in [2.24, 2.45) is 11.7 Å². The van der Waals surface area contributed by atoms with Gasteiger partial charge in [0.2, 0.25) is 0 Å². The Balaban J connectivity index is 2.11. The maximum Gasteiger partial charge on any atom is 0.185 e. The molecule has 0 spiro atoms. The molecule has 1 aliphatic carbocycles. The highest BCUT2D eigenvalue weighted by Crippen LogP contribution is 2.33. The van der Waals surface area contributed by atoms with Crippen LogP contribution in [-0.4, -0.2) is 18.1 Å². The molecule has 0 bridgehead atoms. The van der Waals surface area contributed by atoms with Crippen LogP contribution in [0.3, 0.4) is 0 Å². The van der Waals surface area contributed by atoms with Crippen molar-refractivity contribution in [1.29, 1.82) is 0 Å². The molecule has 2 unspecified atom stereocenters. The summed E-state index contributed by atoms with van der Waals surface area (Å²) in [6.07, 6.45) is 7.54. The fraction of sp³-hybridized carbons (Fsp3) is 0.800. The van der Waals surface area contributed by atoms with Crippen molar-refractivity contribution in [1.82, 2.24) is 4.98 Å². The van der Waals surface area contributed by atoms with E-state index in [0.717, 1.165) is 18.8 Å². The van der Waals surface area contributed by atoms with Gasteiger partial charge in [-0.2, -0.15) is 0 Å². The van der Waals surface area contributed by atoms with Gasteiger partial charge in [0.15, 0.2) is 5.13 Å². The average molecular weight is 281 g/mol. The molecule has 0 amide bonds. The zero-order valence-electron chi connectivity index (χ0n) is 12.5. The van der Waals surface area contributed by atoms with E-state index in [9.17, 15) is 0 Å². The Morgan fingerprint density at radius 1 is 1.42 bits per heavy atom. The molecule has 4 heteroatoms. The van der Waals surface area contributed by atoms with Crippen molar-refractivity contribution in [2.45, 2.75) is 65.0 Å². The Morgan fingerprint density at radius 3 is 2.84 bits per heavy atom. The van der Waals surface area contributed by atoms with Gasteiger partial charge >= 0.3 is 0 Å². The minimum absolute atomic E-state index is 0.627. The molecule has 1 aromatic rings. The lowest BCUT2D eigenvalue weighted by Gasteiger charge is -2.33. The third kappa shape index (κ3) is 3.48. The van der Waals surface area contributed by atoms with E-state index >= 15 is 0 Å². The van der Waals surface area contributed by atoms with Crippen LogP contribution in [0.15, 0.2) is 0 Å². The minimum atomic E-state index is 0.627. The van der Waals surface area contributed by atoms with Gasteiger partial charge in [0.1, 0.15) is 0 Å². The zero-order chi connectivity index (χ0) is 13.8. The van der Waals surface area contributed by atoms with E-state index in [1.165, 1.54) is 41.4 Å². The van der Waals surface area contributed by atoms with Gasteiger partial charge in [-0.05, 0) is 25.2 Å². The van der Waals surface area contributed by atoms with Gasteiger partial charge in [0, 0.05) is 24.5 Å². The highest BCUT2D eigenvalue weighted by Gasteiger charge is 2.24. The first-order valence-electron chi connectivity index (χ1n) is 7.57. The largest absolute Gasteiger partial charge is 0.348 e. The van der Waals surface area contributed by atoms with Gasteiger partial charge in [-0.1, -0.05) is 33.1 Å². The number of anilines is 1. The summed E-state index contributed by atoms with van der Waals surface area (Å²) in [5, 5.41) is 1.17. The monoisotopic (exact) mass is 281 g/mol. The van der Waals surface area contributed by atoms with Crippen molar-refractivity contribution in [2.75, 3.05) is 11.9 Å². The molecule has 0 radical (unpaired) electrons. The summed E-state index contributed by atoms with van der Waals surface area (Å²) in [7, 11) is 2.21. The summed E-state index contributed by atoms with van der Waals surface area (Å²) >= 11 is 1.79. The van der Waals surface area contributed by atoms with Crippen molar-refractivity contribution in [3.8, 4) is 0 Å². The van der Waals surface area contributed by atoms with Crippen molar-refractivity contribution in [3.63, 3.8) is 0 Å². The van der Waals surface area contributed by atoms with E-state index < -0.39 is 0 Å². The summed E-state index contributed by atoms with van der Waals surface area (Å²) in [5.41, 5.74) is 7.07. The van der Waals surface area contributed by atoms with Crippen LogP contribution < -0.4 is 10.6 Å². The molecule has 1 aliphatic rings. The molecule has 3 nitrogen and oxygen atoms in total. The van der Waals surface area contributed by atoms with Crippen LogP contribution in [0.2, 0.25) is 0 Å². The number of nitrogens with zero attached hydrogens (tertiary/aromatic N) is 2. The fourth-order valence-corrected chi connectivity index (χ4v) is 4.04. The molecule has 1 aromatic heterocycles. The van der Waals surface area contributed by atoms with Crippen LogP contribution in [0, 0.1) is 5.92 Å². The average Bonchev–Trinajstić information content (AvgIpc) is 2.81. The molecule has 2 N–H and O–H groups in total. The summed E-state index contributed by atoms with van der Waals surface area (Å²) in [4.78, 5) is 8.51. The molecule has 2 atom stereocenters. The van der Waals surface area contributed by atoms with Gasteiger partial charge in [0.25, 0.3) is 0 Å². The SMILES string of the molecule is CCCc1nc(N(C)C2CCCC(C)C2)sc1CN. The fourth-order valence-electron chi connectivity index (χ4n) is 3.02. The number of aryl methyl sites for hydroxylation is 1. The summed E-state index contributed by atoms with van der Waals surface area (Å²) < 4.78 is 0. The number of thiazole rings is 1. The Labute approximate surface area is 121 Å². The summed E-state index contributed by atoms with van der Waals surface area (Å²) in [6, 6.07) is 0.662. The molecule has 1 fully saturated rings. The predicted octanol–water partition coefficient (Wildman–Crippen LogP) is 3.57. The zero-order valence-corrected chi connectivity index (χ0v) is 13.3. The first kappa shape index (κ1) is 14.8. The topological polar surface area (TPSA) is 42.2 Å². The Morgan fingerprint density at radius 2 is 2.21 bits per heavy atom. The minimum Gasteiger partial charge on any atom is -0.348 e. The molecule has 0 aromatic carbocycles. The second kappa shape index (κ2) is 6.71. The normalized spacial score (nSPS) is 23.6. The molecule has 1 heterocycles.